The van der Waals surface area contributed by atoms with E-state index in [1.807, 2.05) is 0 Å². The molecule has 2 amide bonds. The summed E-state index contributed by atoms with van der Waals surface area (Å²) in [5.41, 5.74) is 1.21. The van der Waals surface area contributed by atoms with Gasteiger partial charge in [-0.05, 0) is 44.5 Å². The maximum Gasteiger partial charge on any atom is 0.410 e. The molecule has 2 atom stereocenters. The molecule has 2 aromatic heterocycles. The Bertz CT molecular complexity index is 996. The van der Waals surface area contributed by atoms with Gasteiger partial charge in [-0.1, -0.05) is 11.6 Å². The SMILES string of the molecule is CNC(=O)c1cc(-c2cc(C3CN(C(=O)OC(C)(C)C)CC(CO)N3)cc(Cl)n2)ncn1. The summed E-state index contributed by atoms with van der Waals surface area (Å²) in [5, 5.41) is 15.8. The van der Waals surface area contributed by atoms with Crippen molar-refractivity contribution in [2.45, 2.75) is 38.5 Å². The molecular formula is C21H27ClN6O4. The van der Waals surface area contributed by atoms with Crippen LogP contribution in [0.25, 0.3) is 11.4 Å². The molecule has 172 valence electrons. The molecule has 3 rings (SSSR count). The van der Waals surface area contributed by atoms with Gasteiger partial charge < -0.3 is 25.4 Å². The molecule has 3 N–H and O–H groups in total. The number of hydrogen-bond donors (Lipinski definition) is 3. The third-order valence-corrected chi connectivity index (χ3v) is 4.95. The van der Waals surface area contributed by atoms with E-state index >= 15 is 0 Å². The van der Waals surface area contributed by atoms with Crippen LogP contribution in [0.2, 0.25) is 5.15 Å². The highest BCUT2D eigenvalue weighted by Gasteiger charge is 2.33. The van der Waals surface area contributed by atoms with Crippen molar-refractivity contribution in [1.82, 2.24) is 30.5 Å². The second-order valence-electron chi connectivity index (χ2n) is 8.46. The second kappa shape index (κ2) is 9.76. The third kappa shape index (κ3) is 5.90. The smallest absolute Gasteiger partial charge is 0.410 e. The van der Waals surface area contributed by atoms with Crippen molar-refractivity contribution in [2.75, 3.05) is 26.7 Å². The van der Waals surface area contributed by atoms with Gasteiger partial charge >= 0.3 is 6.09 Å². The highest BCUT2D eigenvalue weighted by molar-refractivity contribution is 6.29. The van der Waals surface area contributed by atoms with Crippen LogP contribution in [-0.4, -0.2) is 75.3 Å². The van der Waals surface area contributed by atoms with Gasteiger partial charge in [-0.2, -0.15) is 0 Å². The van der Waals surface area contributed by atoms with Crippen LogP contribution >= 0.6 is 11.6 Å². The lowest BCUT2D eigenvalue weighted by atomic mass is 10.0. The summed E-state index contributed by atoms with van der Waals surface area (Å²) < 4.78 is 5.50. The van der Waals surface area contributed by atoms with Crippen molar-refractivity contribution in [1.29, 1.82) is 0 Å². The number of nitrogens with one attached hydrogen (secondary N) is 2. The number of halogens is 1. The van der Waals surface area contributed by atoms with Gasteiger partial charge in [0.05, 0.1) is 24.0 Å². The van der Waals surface area contributed by atoms with Gasteiger partial charge in [-0.25, -0.2) is 19.7 Å². The van der Waals surface area contributed by atoms with Crippen LogP contribution in [0.5, 0.6) is 0 Å². The van der Waals surface area contributed by atoms with Crippen molar-refractivity contribution in [2.24, 2.45) is 0 Å². The normalized spacial score (nSPS) is 18.9. The van der Waals surface area contributed by atoms with E-state index < -0.39 is 11.7 Å². The molecule has 0 spiro atoms. The summed E-state index contributed by atoms with van der Waals surface area (Å²) in [6.45, 7) is 5.89. The van der Waals surface area contributed by atoms with Crippen molar-refractivity contribution < 1.29 is 19.4 Å². The summed E-state index contributed by atoms with van der Waals surface area (Å²) in [5.74, 6) is -0.344. The van der Waals surface area contributed by atoms with Gasteiger partial charge in [0.2, 0.25) is 0 Å². The van der Waals surface area contributed by atoms with Gasteiger partial charge in [0.25, 0.3) is 5.91 Å². The first-order valence-electron chi connectivity index (χ1n) is 10.2. The number of aliphatic hydroxyl groups excluding tert-OH is 1. The predicted molar refractivity (Wildman–Crippen MR) is 118 cm³/mol. The van der Waals surface area contributed by atoms with E-state index in [-0.39, 0.29) is 35.4 Å². The average Bonchev–Trinajstić information content (AvgIpc) is 2.76. The monoisotopic (exact) mass is 462 g/mol. The number of carbonyl (C=O) groups excluding carboxylic acids is 2. The highest BCUT2D eigenvalue weighted by Crippen LogP contribution is 2.27. The fraction of sp³-hybridized carbons (Fsp3) is 0.476. The Kier molecular flexibility index (Phi) is 7.27. The fourth-order valence-corrected chi connectivity index (χ4v) is 3.55. The summed E-state index contributed by atoms with van der Waals surface area (Å²) in [6.07, 6.45) is 0.835. The van der Waals surface area contributed by atoms with Crippen LogP contribution in [0, 0.1) is 0 Å². The molecule has 11 heteroatoms. The number of piperazine rings is 1. The molecule has 32 heavy (non-hydrogen) atoms. The van der Waals surface area contributed by atoms with E-state index in [4.69, 9.17) is 16.3 Å². The number of amides is 2. The number of aromatic nitrogens is 3. The molecular weight excluding hydrogens is 436 g/mol. The number of hydrogen-bond acceptors (Lipinski definition) is 8. The summed E-state index contributed by atoms with van der Waals surface area (Å²) >= 11 is 6.29. The zero-order valence-corrected chi connectivity index (χ0v) is 19.2. The summed E-state index contributed by atoms with van der Waals surface area (Å²) in [4.78, 5) is 38.6. The number of aliphatic hydroxyl groups is 1. The van der Waals surface area contributed by atoms with Crippen molar-refractivity contribution in [3.63, 3.8) is 0 Å². The number of ether oxygens (including phenoxy) is 1. The van der Waals surface area contributed by atoms with E-state index in [0.29, 0.717) is 24.5 Å². The number of rotatable bonds is 4. The molecule has 0 saturated carbocycles. The number of pyridine rings is 1. The Morgan fingerprint density at radius 2 is 2.00 bits per heavy atom. The van der Waals surface area contributed by atoms with Crippen LogP contribution in [0.4, 0.5) is 4.79 Å². The Balaban J connectivity index is 1.91. The number of carbonyl (C=O) groups is 2. The molecule has 0 aromatic carbocycles. The zero-order valence-electron chi connectivity index (χ0n) is 18.4. The first-order valence-corrected chi connectivity index (χ1v) is 10.5. The van der Waals surface area contributed by atoms with Crippen LogP contribution < -0.4 is 10.6 Å². The van der Waals surface area contributed by atoms with Crippen LogP contribution in [0.3, 0.4) is 0 Å². The Labute approximate surface area is 191 Å². The second-order valence-corrected chi connectivity index (χ2v) is 8.85. The van der Waals surface area contributed by atoms with Crippen molar-refractivity contribution >= 4 is 23.6 Å². The molecule has 0 aliphatic carbocycles. The molecule has 10 nitrogen and oxygen atoms in total. The van der Waals surface area contributed by atoms with Gasteiger partial charge in [0.15, 0.2) is 0 Å². The Morgan fingerprint density at radius 3 is 2.66 bits per heavy atom. The Hall–Kier alpha value is -2.82. The lowest BCUT2D eigenvalue weighted by molar-refractivity contribution is 0.0123. The van der Waals surface area contributed by atoms with Gasteiger partial charge in [0.1, 0.15) is 22.8 Å². The first kappa shape index (κ1) is 23.8. The van der Waals surface area contributed by atoms with E-state index in [1.165, 1.54) is 19.4 Å². The lowest BCUT2D eigenvalue weighted by Gasteiger charge is -2.39. The van der Waals surface area contributed by atoms with Crippen LogP contribution in [0.15, 0.2) is 24.5 Å². The van der Waals surface area contributed by atoms with Crippen LogP contribution in [0.1, 0.15) is 42.9 Å². The zero-order chi connectivity index (χ0) is 23.5. The molecule has 1 fully saturated rings. The van der Waals surface area contributed by atoms with Gasteiger partial charge in [-0.3, -0.25) is 4.79 Å². The van der Waals surface area contributed by atoms with E-state index in [1.54, 1.807) is 37.8 Å². The quantitative estimate of drug-likeness (QED) is 0.586. The minimum absolute atomic E-state index is 0.150. The van der Waals surface area contributed by atoms with E-state index in [2.05, 4.69) is 25.6 Å². The Morgan fingerprint density at radius 1 is 1.25 bits per heavy atom. The van der Waals surface area contributed by atoms with E-state index in [9.17, 15) is 14.7 Å². The van der Waals surface area contributed by atoms with Crippen molar-refractivity contribution in [3.05, 3.63) is 40.9 Å². The van der Waals surface area contributed by atoms with Gasteiger partial charge in [-0.15, -0.1) is 0 Å². The molecule has 0 bridgehead atoms. The largest absolute Gasteiger partial charge is 0.444 e. The maximum absolute atomic E-state index is 12.6. The standard InChI is InChI=1S/C21H27ClN6O4/c1-21(2,3)32-20(31)28-8-13(10-29)26-17(9-28)12-5-15(27-18(22)6-12)14-7-16(19(30)23-4)25-11-24-14/h5-7,11,13,17,26,29H,8-10H2,1-4H3,(H,23,30). The minimum atomic E-state index is -0.630. The lowest BCUT2D eigenvalue weighted by Crippen LogP contribution is -2.56. The predicted octanol–water partition coefficient (Wildman–Crippen LogP) is 1.79. The summed E-state index contributed by atoms with van der Waals surface area (Å²) in [7, 11) is 1.52. The number of nitrogens with zero attached hydrogens (tertiary/aromatic N) is 4. The molecule has 1 aliphatic rings. The van der Waals surface area contributed by atoms with Crippen LogP contribution in [-0.2, 0) is 4.74 Å². The third-order valence-electron chi connectivity index (χ3n) is 4.76. The average molecular weight is 463 g/mol. The highest BCUT2D eigenvalue weighted by atomic mass is 35.5. The minimum Gasteiger partial charge on any atom is -0.444 e. The van der Waals surface area contributed by atoms with Gasteiger partial charge in [0, 0.05) is 26.2 Å². The molecule has 3 heterocycles. The summed E-state index contributed by atoms with van der Waals surface area (Å²) in [6, 6.07) is 4.34. The molecule has 1 aliphatic heterocycles. The maximum atomic E-state index is 12.6. The molecule has 0 radical (unpaired) electrons. The van der Waals surface area contributed by atoms with Crippen molar-refractivity contribution in [3.8, 4) is 11.4 Å². The molecule has 2 aromatic rings. The molecule has 2 unspecified atom stereocenters. The van der Waals surface area contributed by atoms with E-state index in [0.717, 1.165) is 5.56 Å². The molecule has 1 saturated heterocycles. The topological polar surface area (TPSA) is 130 Å². The first-order chi connectivity index (χ1) is 15.1. The fourth-order valence-electron chi connectivity index (χ4n) is 3.34.